The zero-order chi connectivity index (χ0) is 10.1. The van der Waals surface area contributed by atoms with Crippen LogP contribution in [0, 0.1) is 0 Å². The fraction of sp³-hybridized carbons (Fsp3) is 0. The van der Waals surface area contributed by atoms with Crippen LogP contribution in [0.15, 0.2) is 6.08 Å². The minimum atomic E-state index is 0.382. The number of allylic oxidation sites excluding steroid dienone is 1. The van der Waals surface area contributed by atoms with Crippen LogP contribution in [-0.4, -0.2) is 32.6 Å². The second-order valence-corrected chi connectivity index (χ2v) is 0.421. The first kappa shape index (κ1) is 22.9. The van der Waals surface area contributed by atoms with Crippen molar-refractivity contribution >= 4 is 32.6 Å². The molecule has 0 aromatic rings. The van der Waals surface area contributed by atoms with Gasteiger partial charge in [-0.05, 0) is 0 Å². The summed E-state index contributed by atoms with van der Waals surface area (Å²) in [6, 6.07) is 0. The van der Waals surface area contributed by atoms with E-state index in [2.05, 4.69) is 0 Å². The van der Waals surface area contributed by atoms with Crippen LogP contribution < -0.4 is 0 Å². The number of carbonyl (C=O) groups is 4. The molecule has 0 N–H and O–H groups in total. The Balaban J connectivity index is -0.0000000350. The number of hydrogen-bond donors (Lipinski definition) is 0. The van der Waals surface area contributed by atoms with Gasteiger partial charge in [0.05, 0.1) is 6.08 Å². The zero-order valence-corrected chi connectivity index (χ0v) is 5.82. The molecule has 0 saturated carbocycles. The molecule has 0 amide bonds. The lowest BCUT2D eigenvalue weighted by atomic mass is 10.7. The topological polar surface area (TPSA) is 85.3 Å². The molecule has 62 valence electrons. The highest BCUT2D eigenvalue weighted by molar-refractivity contribution is 5.77. The van der Waals surface area contributed by atoms with Crippen molar-refractivity contribution in [3.63, 3.8) is 0 Å². The van der Waals surface area contributed by atoms with Crippen LogP contribution in [-0.2, 0) is 24.0 Å². The summed E-state index contributed by atoms with van der Waals surface area (Å²) in [4.78, 5) is 42.1. The Kier molecular flexibility index (Phi) is 675. The van der Waals surface area contributed by atoms with E-state index < -0.39 is 0 Å². The van der Waals surface area contributed by atoms with Gasteiger partial charge in [-0.15, -0.1) is 0 Å². The average Bonchev–Trinajstić information content (AvgIpc) is 2.16. The number of carbonyl (C=O) groups excluding carboxylic acids is 5. The quantitative estimate of drug-likeness (QED) is 0.279. The molecule has 0 aliphatic carbocycles. The van der Waals surface area contributed by atoms with E-state index in [1.165, 1.54) is 5.94 Å². The summed E-state index contributed by atoms with van der Waals surface area (Å²) in [5.74, 6) is 1.27. The summed E-state index contributed by atoms with van der Waals surface area (Å²) in [5.41, 5.74) is 0. The van der Waals surface area contributed by atoms with Crippen molar-refractivity contribution in [1.29, 1.82) is 0 Å². The fourth-order valence-corrected chi connectivity index (χ4v) is 0.0278. The lowest BCUT2D eigenvalue weighted by Crippen LogP contribution is -1.53. The van der Waals surface area contributed by atoms with E-state index in [9.17, 15) is 0 Å². The Hall–Kier alpha value is -1.87. The molecule has 0 radical (unpaired) electrons. The number of hydrogen-bond acceptors (Lipinski definition) is 5. The Bertz CT molecular complexity index is 101. The molecule has 0 aliphatic heterocycles. The number of rotatable bonds is 1. The van der Waals surface area contributed by atoms with Crippen LogP contribution in [0.4, 0.5) is 0 Å². The van der Waals surface area contributed by atoms with E-state index in [-0.39, 0.29) is 0 Å². The van der Waals surface area contributed by atoms with Crippen molar-refractivity contribution in [2.45, 2.75) is 0 Å². The third-order valence-electron chi connectivity index (χ3n) is 0.136. The van der Waals surface area contributed by atoms with Crippen molar-refractivity contribution in [3.8, 4) is 0 Å². The average molecular weight is 160 g/mol. The highest BCUT2D eigenvalue weighted by Gasteiger charge is 1.49. The molecule has 0 rings (SSSR count). The molecule has 5 nitrogen and oxygen atoms in total. The van der Waals surface area contributed by atoms with E-state index in [1.54, 1.807) is 0 Å². The normalized spacial score (nSPS) is 3.27. The van der Waals surface area contributed by atoms with E-state index in [1.807, 2.05) is 20.4 Å². The molecule has 0 atom stereocenters. The maximum Gasteiger partial charge on any atom is 0.153 e. The van der Waals surface area contributed by atoms with Gasteiger partial charge >= 0.3 is 0 Å². The van der Waals surface area contributed by atoms with Crippen molar-refractivity contribution in [2.24, 2.45) is 0 Å². The zero-order valence-electron chi connectivity index (χ0n) is 5.82. The fourth-order valence-electron chi connectivity index (χ4n) is 0.0278. The van der Waals surface area contributed by atoms with Crippen LogP contribution in [0.1, 0.15) is 0 Å². The molecular weight excluding hydrogens is 152 g/mol. The Morgan fingerprint density at radius 1 is 0.909 bits per heavy atom. The first-order valence-corrected chi connectivity index (χ1v) is 1.93. The molecule has 0 fully saturated rings. The van der Waals surface area contributed by atoms with Gasteiger partial charge in [0, 0.05) is 0 Å². The van der Waals surface area contributed by atoms with E-state index >= 15 is 0 Å². The molecule has 0 aromatic heterocycles. The standard InChI is InChI=1S/C3H2O2.3CH2O/c4-2-1-3-5;3*1-2/h1-2H;3*1H2. The van der Waals surface area contributed by atoms with Gasteiger partial charge in [0.15, 0.2) is 6.29 Å². The molecule has 0 bridgehead atoms. The molecule has 5 heteroatoms. The van der Waals surface area contributed by atoms with Crippen molar-refractivity contribution in [1.82, 2.24) is 0 Å². The third kappa shape index (κ3) is 18100. The lowest BCUT2D eigenvalue weighted by molar-refractivity contribution is -0.104. The largest absolute Gasteiger partial charge is 0.307 e. The maximum absolute atomic E-state index is 9.09. The molecule has 0 aromatic carbocycles. The van der Waals surface area contributed by atoms with Gasteiger partial charge in [-0.3, -0.25) is 4.79 Å². The van der Waals surface area contributed by atoms with Crippen LogP contribution >= 0.6 is 0 Å². The molecule has 0 unspecified atom stereocenters. The molecule has 0 saturated heterocycles. The van der Waals surface area contributed by atoms with Gasteiger partial charge < -0.3 is 14.4 Å². The smallest absolute Gasteiger partial charge is 0.153 e. The van der Waals surface area contributed by atoms with Gasteiger partial charge in [0.25, 0.3) is 0 Å². The second kappa shape index (κ2) is 324. The molecule has 0 spiro atoms. The van der Waals surface area contributed by atoms with Gasteiger partial charge in [0.2, 0.25) is 0 Å². The summed E-state index contributed by atoms with van der Waals surface area (Å²) < 4.78 is 0. The van der Waals surface area contributed by atoms with Gasteiger partial charge in [-0.1, -0.05) is 0 Å². The third-order valence-corrected chi connectivity index (χ3v) is 0.136. The Labute approximate surface area is 63.7 Å². The predicted molar refractivity (Wildman–Crippen MR) is 37.7 cm³/mol. The molecular formula is C6H8O5. The second-order valence-electron chi connectivity index (χ2n) is 0.421. The molecule has 0 aliphatic rings. The lowest BCUT2D eigenvalue weighted by Gasteiger charge is -1.36. The minimum absolute atomic E-state index is 0.382. The summed E-state index contributed by atoms with van der Waals surface area (Å²) in [6.45, 7) is 6.00. The monoisotopic (exact) mass is 160 g/mol. The highest BCUT2D eigenvalue weighted by atomic mass is 16.1. The van der Waals surface area contributed by atoms with Gasteiger partial charge in [0.1, 0.15) is 26.3 Å². The Morgan fingerprint density at radius 3 is 1.18 bits per heavy atom. The Morgan fingerprint density at radius 2 is 1.18 bits per heavy atom. The minimum Gasteiger partial charge on any atom is -0.307 e. The SMILES string of the molecule is C=O.C=O.C=O.O=C=CC=O. The molecule has 11 heavy (non-hydrogen) atoms. The highest BCUT2D eigenvalue weighted by Crippen LogP contribution is 1.34. The summed E-state index contributed by atoms with van der Waals surface area (Å²) >= 11 is 0. The van der Waals surface area contributed by atoms with Crippen molar-refractivity contribution in [3.05, 3.63) is 6.08 Å². The van der Waals surface area contributed by atoms with Gasteiger partial charge in [-0.2, -0.15) is 0 Å². The van der Waals surface area contributed by atoms with Crippen LogP contribution in [0.2, 0.25) is 0 Å². The molecule has 0 heterocycles. The van der Waals surface area contributed by atoms with Crippen molar-refractivity contribution < 1.29 is 24.0 Å². The van der Waals surface area contributed by atoms with Crippen LogP contribution in [0.5, 0.6) is 0 Å². The van der Waals surface area contributed by atoms with Crippen molar-refractivity contribution in [2.75, 3.05) is 0 Å². The van der Waals surface area contributed by atoms with Crippen LogP contribution in [0.25, 0.3) is 0 Å². The predicted octanol–water partition coefficient (Wildman–Crippen LogP) is -0.982. The summed E-state index contributed by atoms with van der Waals surface area (Å²) in [5, 5.41) is 0. The van der Waals surface area contributed by atoms with Gasteiger partial charge in [-0.25, -0.2) is 4.79 Å². The summed E-state index contributed by atoms with van der Waals surface area (Å²) in [6.07, 6.45) is 1.15. The maximum atomic E-state index is 9.09. The van der Waals surface area contributed by atoms with E-state index in [4.69, 9.17) is 24.0 Å². The first-order chi connectivity index (χ1) is 5.41. The summed E-state index contributed by atoms with van der Waals surface area (Å²) in [7, 11) is 0. The first-order valence-electron chi connectivity index (χ1n) is 1.93. The number of aldehydes is 1. The van der Waals surface area contributed by atoms with E-state index in [0.717, 1.165) is 6.08 Å². The van der Waals surface area contributed by atoms with Crippen LogP contribution in [0.3, 0.4) is 0 Å². The van der Waals surface area contributed by atoms with E-state index in [0.29, 0.717) is 6.29 Å².